The van der Waals surface area contributed by atoms with E-state index in [0.717, 1.165) is 19.5 Å². The maximum Gasteiger partial charge on any atom is 0.317 e. The van der Waals surface area contributed by atoms with E-state index in [2.05, 4.69) is 19.2 Å². The highest BCUT2D eigenvalue weighted by Gasteiger charge is 2.31. The van der Waals surface area contributed by atoms with Gasteiger partial charge in [0, 0.05) is 19.1 Å². The van der Waals surface area contributed by atoms with Crippen LogP contribution in [0.25, 0.3) is 0 Å². The molecule has 0 spiro atoms. The third-order valence-electron chi connectivity index (χ3n) is 2.38. The molecule has 1 rings (SSSR count). The second kappa shape index (κ2) is 3.56. The minimum absolute atomic E-state index is 0.0839. The van der Waals surface area contributed by atoms with Crippen molar-refractivity contribution in [2.45, 2.75) is 40.2 Å². The summed E-state index contributed by atoms with van der Waals surface area (Å²) in [4.78, 5) is 13.5. The zero-order valence-electron chi connectivity index (χ0n) is 9.05. The second-order valence-corrected chi connectivity index (χ2v) is 4.94. The molecular formula is C10H20N2O. The predicted octanol–water partition coefficient (Wildman–Crippen LogP) is 1.84. The lowest BCUT2D eigenvalue weighted by atomic mass is 9.93. The zero-order chi connectivity index (χ0) is 10.1. The van der Waals surface area contributed by atoms with Gasteiger partial charge in [-0.25, -0.2) is 4.79 Å². The summed E-state index contributed by atoms with van der Waals surface area (Å²) < 4.78 is 0. The number of rotatable bonds is 1. The summed E-state index contributed by atoms with van der Waals surface area (Å²) in [5.41, 5.74) is 0.300. The van der Waals surface area contributed by atoms with Crippen LogP contribution >= 0.6 is 0 Å². The fourth-order valence-corrected chi connectivity index (χ4v) is 1.62. The SMILES string of the molecule is CC(C)NC(=O)N1CCC(C)(C)C1. The quantitative estimate of drug-likeness (QED) is 0.662. The molecule has 1 saturated heterocycles. The zero-order valence-corrected chi connectivity index (χ0v) is 9.05. The van der Waals surface area contributed by atoms with Gasteiger partial charge in [-0.1, -0.05) is 13.8 Å². The Hall–Kier alpha value is -0.730. The van der Waals surface area contributed by atoms with Crippen LogP contribution in [0, 0.1) is 5.41 Å². The van der Waals surface area contributed by atoms with Gasteiger partial charge in [0.05, 0.1) is 0 Å². The molecule has 0 radical (unpaired) electrons. The van der Waals surface area contributed by atoms with Crippen molar-refractivity contribution in [2.24, 2.45) is 5.41 Å². The summed E-state index contributed by atoms with van der Waals surface area (Å²) in [5.74, 6) is 0. The smallest absolute Gasteiger partial charge is 0.317 e. The minimum atomic E-state index is 0.0839. The first-order valence-electron chi connectivity index (χ1n) is 4.96. The van der Waals surface area contributed by atoms with Crippen LogP contribution in [-0.4, -0.2) is 30.1 Å². The summed E-state index contributed by atoms with van der Waals surface area (Å²) in [6.45, 7) is 10.2. The molecule has 76 valence electrons. The molecule has 1 heterocycles. The van der Waals surface area contributed by atoms with Crippen molar-refractivity contribution in [3.63, 3.8) is 0 Å². The summed E-state index contributed by atoms with van der Waals surface area (Å²) >= 11 is 0. The normalized spacial score (nSPS) is 20.8. The first-order chi connectivity index (χ1) is 5.91. The lowest BCUT2D eigenvalue weighted by molar-refractivity contribution is 0.201. The van der Waals surface area contributed by atoms with Crippen LogP contribution < -0.4 is 5.32 Å². The highest BCUT2D eigenvalue weighted by molar-refractivity contribution is 5.74. The molecule has 1 aliphatic heterocycles. The van der Waals surface area contributed by atoms with Crippen LogP contribution in [0.15, 0.2) is 0 Å². The van der Waals surface area contributed by atoms with E-state index < -0.39 is 0 Å². The van der Waals surface area contributed by atoms with Gasteiger partial charge in [-0.2, -0.15) is 0 Å². The van der Waals surface area contributed by atoms with Crippen molar-refractivity contribution in [2.75, 3.05) is 13.1 Å². The molecule has 0 aromatic rings. The first kappa shape index (κ1) is 10.4. The third-order valence-corrected chi connectivity index (χ3v) is 2.38. The largest absolute Gasteiger partial charge is 0.336 e. The van der Waals surface area contributed by atoms with E-state index in [1.165, 1.54) is 0 Å². The van der Waals surface area contributed by atoms with Gasteiger partial charge < -0.3 is 10.2 Å². The Morgan fingerprint density at radius 3 is 2.46 bits per heavy atom. The van der Waals surface area contributed by atoms with Gasteiger partial charge in [0.2, 0.25) is 0 Å². The Morgan fingerprint density at radius 1 is 1.46 bits per heavy atom. The average molecular weight is 184 g/mol. The lowest BCUT2D eigenvalue weighted by Crippen LogP contribution is -2.42. The summed E-state index contributed by atoms with van der Waals surface area (Å²) in [6.07, 6.45) is 1.11. The van der Waals surface area contributed by atoms with Gasteiger partial charge in [0.25, 0.3) is 0 Å². The van der Waals surface area contributed by atoms with Crippen molar-refractivity contribution in [1.82, 2.24) is 10.2 Å². The number of nitrogens with one attached hydrogen (secondary N) is 1. The first-order valence-corrected chi connectivity index (χ1v) is 4.96. The fraction of sp³-hybridized carbons (Fsp3) is 0.900. The van der Waals surface area contributed by atoms with Crippen LogP contribution in [0.1, 0.15) is 34.1 Å². The number of carbonyl (C=O) groups excluding carboxylic acids is 1. The van der Waals surface area contributed by atoms with Gasteiger partial charge in [-0.3, -0.25) is 0 Å². The van der Waals surface area contributed by atoms with E-state index in [1.54, 1.807) is 0 Å². The molecule has 1 fully saturated rings. The molecule has 3 nitrogen and oxygen atoms in total. The fourth-order valence-electron chi connectivity index (χ4n) is 1.62. The Morgan fingerprint density at radius 2 is 2.08 bits per heavy atom. The van der Waals surface area contributed by atoms with Crippen molar-refractivity contribution < 1.29 is 4.79 Å². The number of hydrogen-bond donors (Lipinski definition) is 1. The van der Waals surface area contributed by atoms with E-state index in [1.807, 2.05) is 18.7 Å². The monoisotopic (exact) mass is 184 g/mol. The highest BCUT2D eigenvalue weighted by Crippen LogP contribution is 2.28. The van der Waals surface area contributed by atoms with Gasteiger partial charge in [0.15, 0.2) is 0 Å². The molecule has 3 heteroatoms. The molecule has 0 bridgehead atoms. The standard InChI is InChI=1S/C10H20N2O/c1-8(2)11-9(13)12-6-5-10(3,4)7-12/h8H,5-7H2,1-4H3,(H,11,13). The molecule has 1 N–H and O–H groups in total. The average Bonchev–Trinajstić information content (AvgIpc) is 2.28. The number of hydrogen-bond acceptors (Lipinski definition) is 1. The van der Waals surface area contributed by atoms with Crippen molar-refractivity contribution in [1.29, 1.82) is 0 Å². The summed E-state index contributed by atoms with van der Waals surface area (Å²) in [6, 6.07) is 0.316. The topological polar surface area (TPSA) is 32.3 Å². The Balaban J connectivity index is 2.42. The molecular weight excluding hydrogens is 164 g/mol. The summed E-state index contributed by atoms with van der Waals surface area (Å²) in [7, 11) is 0. The number of amides is 2. The molecule has 0 aromatic carbocycles. The van der Waals surface area contributed by atoms with Crippen LogP contribution in [-0.2, 0) is 0 Å². The molecule has 0 aromatic heterocycles. The van der Waals surface area contributed by atoms with E-state index in [0.29, 0.717) is 5.41 Å². The van der Waals surface area contributed by atoms with Crippen LogP contribution in [0.3, 0.4) is 0 Å². The van der Waals surface area contributed by atoms with Crippen LogP contribution in [0.5, 0.6) is 0 Å². The molecule has 2 amide bonds. The summed E-state index contributed by atoms with van der Waals surface area (Å²) in [5, 5.41) is 2.91. The molecule has 1 aliphatic rings. The maximum absolute atomic E-state index is 11.6. The Labute approximate surface area is 80.5 Å². The lowest BCUT2D eigenvalue weighted by Gasteiger charge is -2.21. The molecule has 0 atom stereocenters. The third kappa shape index (κ3) is 2.90. The number of urea groups is 1. The van der Waals surface area contributed by atoms with E-state index >= 15 is 0 Å². The number of nitrogens with zero attached hydrogens (tertiary/aromatic N) is 1. The maximum atomic E-state index is 11.6. The van der Waals surface area contributed by atoms with E-state index in [-0.39, 0.29) is 12.1 Å². The van der Waals surface area contributed by atoms with Gasteiger partial charge in [-0.15, -0.1) is 0 Å². The molecule has 0 saturated carbocycles. The van der Waals surface area contributed by atoms with Crippen molar-refractivity contribution >= 4 is 6.03 Å². The van der Waals surface area contributed by atoms with Crippen molar-refractivity contribution in [3.8, 4) is 0 Å². The van der Waals surface area contributed by atoms with E-state index in [9.17, 15) is 4.79 Å². The predicted molar refractivity (Wildman–Crippen MR) is 53.6 cm³/mol. The minimum Gasteiger partial charge on any atom is -0.336 e. The van der Waals surface area contributed by atoms with Crippen LogP contribution in [0.2, 0.25) is 0 Å². The second-order valence-electron chi connectivity index (χ2n) is 4.94. The Kier molecular flexibility index (Phi) is 2.84. The van der Waals surface area contributed by atoms with Gasteiger partial charge >= 0.3 is 6.03 Å². The van der Waals surface area contributed by atoms with Gasteiger partial charge in [-0.05, 0) is 25.7 Å². The molecule has 0 unspecified atom stereocenters. The molecule has 0 aliphatic carbocycles. The van der Waals surface area contributed by atoms with Crippen molar-refractivity contribution in [3.05, 3.63) is 0 Å². The van der Waals surface area contributed by atoms with Gasteiger partial charge in [0.1, 0.15) is 0 Å². The van der Waals surface area contributed by atoms with E-state index in [4.69, 9.17) is 0 Å². The Bertz CT molecular complexity index is 199. The number of carbonyl (C=O) groups is 1. The molecule has 13 heavy (non-hydrogen) atoms. The highest BCUT2D eigenvalue weighted by atomic mass is 16.2. The van der Waals surface area contributed by atoms with Crippen LogP contribution in [0.4, 0.5) is 4.79 Å². The number of likely N-dealkylation sites (tertiary alicyclic amines) is 1.